The molecule has 5 heteroatoms. The van der Waals surface area contributed by atoms with Gasteiger partial charge in [-0.25, -0.2) is 0 Å². The van der Waals surface area contributed by atoms with Crippen molar-refractivity contribution < 1.29 is 4.74 Å². The van der Waals surface area contributed by atoms with E-state index in [2.05, 4.69) is 9.36 Å². The van der Waals surface area contributed by atoms with Crippen LogP contribution in [-0.2, 0) is 0 Å². The van der Waals surface area contributed by atoms with E-state index in [1.54, 1.807) is 0 Å². The molecule has 0 fully saturated rings. The third kappa shape index (κ3) is 2.74. The molecule has 1 aromatic carbocycles. The van der Waals surface area contributed by atoms with Gasteiger partial charge in [-0.05, 0) is 18.7 Å². The van der Waals surface area contributed by atoms with Crippen molar-refractivity contribution in [1.82, 2.24) is 9.36 Å². The molecule has 84 valence electrons. The van der Waals surface area contributed by atoms with E-state index in [0.717, 1.165) is 10.7 Å². The number of thioether (sulfide) groups is 1. The number of hydrogen-bond acceptors (Lipinski definition) is 5. The third-order valence-electron chi connectivity index (χ3n) is 2.12. The Balaban J connectivity index is 2.05. The summed E-state index contributed by atoms with van der Waals surface area (Å²) in [6, 6.07) is 10.1. The standard InChI is InChI=1S/C11H12N2OS2/c1-8(9-6-4-3-5-7-9)14-11-12-10(15-2)13-16-11/h3-8H,1-2H3. The van der Waals surface area contributed by atoms with Crippen LogP contribution in [0.5, 0.6) is 5.19 Å². The molecule has 0 amide bonds. The molecular formula is C11H12N2OS2. The Morgan fingerprint density at radius 3 is 2.69 bits per heavy atom. The van der Waals surface area contributed by atoms with Gasteiger partial charge in [0.1, 0.15) is 6.10 Å². The largest absolute Gasteiger partial charge is 0.461 e. The van der Waals surface area contributed by atoms with E-state index in [9.17, 15) is 0 Å². The monoisotopic (exact) mass is 252 g/mol. The molecular weight excluding hydrogens is 240 g/mol. The fourth-order valence-electron chi connectivity index (χ4n) is 1.27. The summed E-state index contributed by atoms with van der Waals surface area (Å²) < 4.78 is 9.86. The lowest BCUT2D eigenvalue weighted by Gasteiger charge is -2.11. The quantitative estimate of drug-likeness (QED) is 0.781. The Morgan fingerprint density at radius 2 is 2.06 bits per heavy atom. The van der Waals surface area contributed by atoms with Crippen molar-refractivity contribution in [2.24, 2.45) is 0 Å². The van der Waals surface area contributed by atoms with Crippen molar-refractivity contribution in [3.05, 3.63) is 35.9 Å². The normalized spacial score (nSPS) is 12.4. The molecule has 0 saturated carbocycles. The molecule has 0 N–H and O–H groups in total. The Morgan fingerprint density at radius 1 is 1.31 bits per heavy atom. The topological polar surface area (TPSA) is 35.0 Å². The van der Waals surface area contributed by atoms with Crippen LogP contribution < -0.4 is 4.74 Å². The minimum Gasteiger partial charge on any atom is -0.461 e. The molecule has 0 aliphatic rings. The lowest BCUT2D eigenvalue weighted by Crippen LogP contribution is -2.02. The zero-order valence-electron chi connectivity index (χ0n) is 9.08. The van der Waals surface area contributed by atoms with Gasteiger partial charge in [-0.15, -0.1) is 0 Å². The lowest BCUT2D eigenvalue weighted by molar-refractivity contribution is 0.225. The van der Waals surface area contributed by atoms with Crippen LogP contribution in [0, 0.1) is 0 Å². The molecule has 0 bridgehead atoms. The molecule has 0 spiro atoms. The molecule has 1 aromatic heterocycles. The molecule has 1 heterocycles. The first-order valence-corrected chi connectivity index (χ1v) is 6.88. The number of aromatic nitrogens is 2. The highest BCUT2D eigenvalue weighted by Crippen LogP contribution is 2.25. The van der Waals surface area contributed by atoms with Gasteiger partial charge < -0.3 is 4.74 Å². The Bertz CT molecular complexity index is 444. The van der Waals surface area contributed by atoms with Crippen LogP contribution in [0.3, 0.4) is 0 Å². The van der Waals surface area contributed by atoms with Gasteiger partial charge in [0, 0.05) is 11.5 Å². The molecule has 0 aliphatic carbocycles. The second-order valence-corrected chi connectivity index (χ2v) is 4.71. The Kier molecular flexibility index (Phi) is 3.79. The number of nitrogens with zero attached hydrogens (tertiary/aromatic N) is 2. The highest BCUT2D eigenvalue weighted by atomic mass is 32.2. The fourth-order valence-corrected chi connectivity index (χ4v) is 2.42. The van der Waals surface area contributed by atoms with Gasteiger partial charge in [-0.3, -0.25) is 0 Å². The second kappa shape index (κ2) is 5.32. The van der Waals surface area contributed by atoms with Gasteiger partial charge in [-0.1, -0.05) is 42.1 Å². The summed E-state index contributed by atoms with van der Waals surface area (Å²) in [5.74, 6) is 0. The van der Waals surface area contributed by atoms with Crippen molar-refractivity contribution in [1.29, 1.82) is 0 Å². The van der Waals surface area contributed by atoms with Crippen LogP contribution in [0.4, 0.5) is 0 Å². The first-order chi connectivity index (χ1) is 7.79. The summed E-state index contributed by atoms with van der Waals surface area (Å²) in [6.07, 6.45) is 1.95. The van der Waals surface area contributed by atoms with Gasteiger partial charge >= 0.3 is 0 Å². The van der Waals surface area contributed by atoms with E-state index in [4.69, 9.17) is 4.74 Å². The van der Waals surface area contributed by atoms with Crippen LogP contribution in [0.2, 0.25) is 0 Å². The van der Waals surface area contributed by atoms with Crippen molar-refractivity contribution in [2.45, 2.75) is 18.2 Å². The number of rotatable bonds is 4. The van der Waals surface area contributed by atoms with Crippen molar-refractivity contribution in [2.75, 3.05) is 6.26 Å². The van der Waals surface area contributed by atoms with Crippen molar-refractivity contribution >= 4 is 23.3 Å². The molecule has 1 atom stereocenters. The van der Waals surface area contributed by atoms with Crippen LogP contribution in [0.25, 0.3) is 0 Å². The number of benzene rings is 1. The average Bonchev–Trinajstić information content (AvgIpc) is 2.78. The molecule has 0 saturated heterocycles. The Labute approximate surface area is 103 Å². The summed E-state index contributed by atoms with van der Waals surface area (Å²) in [7, 11) is 0. The molecule has 2 rings (SSSR count). The van der Waals surface area contributed by atoms with Crippen molar-refractivity contribution in [3.8, 4) is 5.19 Å². The van der Waals surface area contributed by atoms with Crippen LogP contribution in [0.1, 0.15) is 18.6 Å². The smallest absolute Gasteiger partial charge is 0.294 e. The summed E-state index contributed by atoms with van der Waals surface area (Å²) >= 11 is 2.81. The van der Waals surface area contributed by atoms with Crippen LogP contribution in [0.15, 0.2) is 35.5 Å². The van der Waals surface area contributed by atoms with E-state index in [0.29, 0.717) is 5.19 Å². The number of ether oxygens (including phenoxy) is 1. The predicted octanol–water partition coefficient (Wildman–Crippen LogP) is 3.40. The van der Waals surface area contributed by atoms with Gasteiger partial charge in [0.2, 0.25) is 5.16 Å². The van der Waals surface area contributed by atoms with Gasteiger partial charge in [0.05, 0.1) is 0 Å². The van der Waals surface area contributed by atoms with E-state index in [1.165, 1.54) is 23.3 Å². The van der Waals surface area contributed by atoms with E-state index >= 15 is 0 Å². The fraction of sp³-hybridized carbons (Fsp3) is 0.273. The lowest BCUT2D eigenvalue weighted by atomic mass is 10.1. The maximum absolute atomic E-state index is 5.71. The molecule has 1 unspecified atom stereocenters. The van der Waals surface area contributed by atoms with E-state index in [1.807, 2.05) is 43.5 Å². The minimum atomic E-state index is 0.00357. The molecule has 3 nitrogen and oxygen atoms in total. The molecule has 2 aromatic rings. The van der Waals surface area contributed by atoms with Gasteiger partial charge in [0.15, 0.2) is 0 Å². The zero-order valence-corrected chi connectivity index (χ0v) is 10.7. The van der Waals surface area contributed by atoms with E-state index < -0.39 is 0 Å². The summed E-state index contributed by atoms with van der Waals surface area (Å²) in [5.41, 5.74) is 1.14. The molecule has 16 heavy (non-hydrogen) atoms. The van der Waals surface area contributed by atoms with Crippen LogP contribution in [-0.4, -0.2) is 15.6 Å². The minimum absolute atomic E-state index is 0.00357. The first-order valence-electron chi connectivity index (χ1n) is 4.89. The summed E-state index contributed by atoms with van der Waals surface area (Å²) in [5, 5.41) is 1.39. The molecule has 0 aliphatic heterocycles. The maximum Gasteiger partial charge on any atom is 0.294 e. The zero-order chi connectivity index (χ0) is 11.4. The Hall–Kier alpha value is -1.07. The molecule has 0 radical (unpaired) electrons. The summed E-state index contributed by atoms with van der Waals surface area (Å²) in [6.45, 7) is 2.01. The van der Waals surface area contributed by atoms with Gasteiger partial charge in [-0.2, -0.15) is 9.36 Å². The average molecular weight is 252 g/mol. The second-order valence-electron chi connectivity index (χ2n) is 3.22. The highest BCUT2D eigenvalue weighted by molar-refractivity contribution is 7.98. The van der Waals surface area contributed by atoms with E-state index in [-0.39, 0.29) is 6.10 Å². The summed E-state index contributed by atoms with van der Waals surface area (Å²) in [4.78, 5) is 4.24. The van der Waals surface area contributed by atoms with Crippen LogP contribution >= 0.6 is 23.3 Å². The van der Waals surface area contributed by atoms with Crippen molar-refractivity contribution in [3.63, 3.8) is 0 Å². The first kappa shape index (κ1) is 11.4. The predicted molar refractivity (Wildman–Crippen MR) is 67.2 cm³/mol. The highest BCUT2D eigenvalue weighted by Gasteiger charge is 2.10. The SMILES string of the molecule is CSc1nsc(OC(C)c2ccccc2)n1. The van der Waals surface area contributed by atoms with Gasteiger partial charge in [0.25, 0.3) is 5.19 Å². The maximum atomic E-state index is 5.71. The number of hydrogen-bond donors (Lipinski definition) is 0. The third-order valence-corrected chi connectivity index (χ3v) is 3.39.